The number of ether oxygens (including phenoxy) is 1. The first-order valence-corrected chi connectivity index (χ1v) is 10.6. The van der Waals surface area contributed by atoms with Gasteiger partial charge in [-0.25, -0.2) is 0 Å². The van der Waals surface area contributed by atoms with E-state index in [4.69, 9.17) is 4.74 Å². The lowest BCUT2D eigenvalue weighted by Crippen LogP contribution is -2.29. The third-order valence-corrected chi connectivity index (χ3v) is 5.43. The van der Waals surface area contributed by atoms with Gasteiger partial charge in [-0.15, -0.1) is 0 Å². The Morgan fingerprint density at radius 2 is 1.91 bits per heavy atom. The van der Waals surface area contributed by atoms with E-state index < -0.39 is 16.7 Å². The molecule has 10 heteroatoms. The SMILES string of the molecule is CCCCN1CC(C(=O)Nc2ccc(C(=O)Nc3ccc(OC)cc3[N+](=O)[O-])cc2)CC1=O. The number of rotatable bonds is 9. The second kappa shape index (κ2) is 10.6. The fourth-order valence-corrected chi connectivity index (χ4v) is 3.55. The summed E-state index contributed by atoms with van der Waals surface area (Å²) < 4.78 is 4.99. The number of carbonyl (C=O) groups is 3. The molecule has 0 bridgehead atoms. The van der Waals surface area contributed by atoms with E-state index in [0.29, 0.717) is 24.5 Å². The average Bonchev–Trinajstić information content (AvgIpc) is 3.18. The van der Waals surface area contributed by atoms with Gasteiger partial charge in [-0.1, -0.05) is 13.3 Å². The Morgan fingerprint density at radius 3 is 2.55 bits per heavy atom. The molecule has 1 fully saturated rings. The Balaban J connectivity index is 1.61. The molecule has 1 heterocycles. The van der Waals surface area contributed by atoms with E-state index in [1.165, 1.54) is 37.4 Å². The van der Waals surface area contributed by atoms with Crippen LogP contribution in [0.4, 0.5) is 17.1 Å². The minimum Gasteiger partial charge on any atom is -0.496 e. The first-order valence-electron chi connectivity index (χ1n) is 10.6. The number of nitro benzene ring substituents is 1. The highest BCUT2D eigenvalue weighted by Gasteiger charge is 2.33. The summed E-state index contributed by atoms with van der Waals surface area (Å²) in [4.78, 5) is 49.6. The topological polar surface area (TPSA) is 131 Å². The lowest BCUT2D eigenvalue weighted by molar-refractivity contribution is -0.384. The molecular weight excluding hydrogens is 428 g/mol. The smallest absolute Gasteiger partial charge is 0.296 e. The Labute approximate surface area is 191 Å². The number of likely N-dealkylation sites (tertiary alicyclic amines) is 1. The van der Waals surface area contributed by atoms with Crippen LogP contribution >= 0.6 is 0 Å². The van der Waals surface area contributed by atoms with Crippen LogP contribution in [0.3, 0.4) is 0 Å². The minimum atomic E-state index is -0.603. The fourth-order valence-electron chi connectivity index (χ4n) is 3.55. The molecule has 3 rings (SSSR count). The number of benzene rings is 2. The maximum atomic E-state index is 12.5. The van der Waals surface area contributed by atoms with Crippen molar-refractivity contribution in [3.8, 4) is 5.75 Å². The molecule has 0 saturated carbocycles. The number of unbranched alkanes of at least 4 members (excludes halogenated alkanes) is 1. The monoisotopic (exact) mass is 454 g/mol. The van der Waals surface area contributed by atoms with Crippen LogP contribution in [0, 0.1) is 16.0 Å². The average molecular weight is 454 g/mol. The van der Waals surface area contributed by atoms with Crippen molar-refractivity contribution in [3.05, 3.63) is 58.1 Å². The summed E-state index contributed by atoms with van der Waals surface area (Å²) in [5.74, 6) is -0.893. The molecule has 1 atom stereocenters. The van der Waals surface area contributed by atoms with Crippen molar-refractivity contribution in [2.24, 2.45) is 5.92 Å². The molecule has 0 spiro atoms. The van der Waals surface area contributed by atoms with Gasteiger partial charge in [0.2, 0.25) is 11.8 Å². The third kappa shape index (κ3) is 5.85. The lowest BCUT2D eigenvalue weighted by atomic mass is 10.1. The largest absolute Gasteiger partial charge is 0.496 e. The van der Waals surface area contributed by atoms with Crippen LogP contribution in [-0.4, -0.2) is 47.7 Å². The van der Waals surface area contributed by atoms with E-state index in [1.807, 2.05) is 6.92 Å². The number of amides is 3. The zero-order valence-electron chi connectivity index (χ0n) is 18.5. The van der Waals surface area contributed by atoms with Crippen molar-refractivity contribution >= 4 is 34.8 Å². The number of hydrogen-bond acceptors (Lipinski definition) is 6. The Bertz CT molecular complexity index is 1050. The maximum absolute atomic E-state index is 12.5. The van der Waals surface area contributed by atoms with Crippen LogP contribution < -0.4 is 15.4 Å². The molecule has 174 valence electrons. The zero-order valence-corrected chi connectivity index (χ0v) is 18.5. The van der Waals surface area contributed by atoms with Gasteiger partial charge in [0.1, 0.15) is 11.4 Å². The molecule has 2 aromatic rings. The molecule has 33 heavy (non-hydrogen) atoms. The molecule has 1 saturated heterocycles. The van der Waals surface area contributed by atoms with Gasteiger partial charge < -0.3 is 20.3 Å². The summed E-state index contributed by atoms with van der Waals surface area (Å²) in [6.45, 7) is 3.12. The van der Waals surface area contributed by atoms with Crippen molar-refractivity contribution in [1.29, 1.82) is 0 Å². The highest BCUT2D eigenvalue weighted by Crippen LogP contribution is 2.29. The van der Waals surface area contributed by atoms with Gasteiger partial charge >= 0.3 is 0 Å². The van der Waals surface area contributed by atoms with Gasteiger partial charge in [-0.05, 0) is 42.8 Å². The minimum absolute atomic E-state index is 0.0109. The predicted molar refractivity (Wildman–Crippen MR) is 122 cm³/mol. The quantitative estimate of drug-likeness (QED) is 0.441. The van der Waals surface area contributed by atoms with Gasteiger partial charge in [0.05, 0.1) is 24.0 Å². The highest BCUT2D eigenvalue weighted by atomic mass is 16.6. The molecule has 10 nitrogen and oxygen atoms in total. The fraction of sp³-hybridized carbons (Fsp3) is 0.348. The second-order valence-electron chi connectivity index (χ2n) is 7.76. The summed E-state index contributed by atoms with van der Waals surface area (Å²) >= 11 is 0. The normalized spacial score (nSPS) is 15.3. The molecular formula is C23H26N4O6. The van der Waals surface area contributed by atoms with E-state index in [-0.39, 0.29) is 35.2 Å². The van der Waals surface area contributed by atoms with Gasteiger partial charge in [0.15, 0.2) is 0 Å². The van der Waals surface area contributed by atoms with E-state index in [1.54, 1.807) is 17.0 Å². The molecule has 1 aliphatic rings. The maximum Gasteiger partial charge on any atom is 0.296 e. The number of nitrogens with zero attached hydrogens (tertiary/aromatic N) is 2. The number of hydrogen-bond donors (Lipinski definition) is 2. The number of nitro groups is 1. The second-order valence-corrected chi connectivity index (χ2v) is 7.76. The zero-order chi connectivity index (χ0) is 24.0. The predicted octanol–water partition coefficient (Wildman–Crippen LogP) is 3.44. The van der Waals surface area contributed by atoms with Crippen molar-refractivity contribution < 1.29 is 24.0 Å². The standard InChI is InChI=1S/C23H26N4O6/c1-3-4-11-26-14-16(12-21(26)28)23(30)24-17-7-5-15(6-8-17)22(29)25-19-10-9-18(33-2)13-20(19)27(31)32/h5-10,13,16H,3-4,11-12,14H2,1-2H3,(H,24,30)(H,25,29). The first kappa shape index (κ1) is 23.7. The number of carbonyl (C=O) groups excluding carboxylic acids is 3. The molecule has 0 aliphatic carbocycles. The van der Waals surface area contributed by atoms with Crippen molar-refractivity contribution in [2.45, 2.75) is 26.2 Å². The molecule has 1 unspecified atom stereocenters. The van der Waals surface area contributed by atoms with E-state index in [9.17, 15) is 24.5 Å². The molecule has 0 radical (unpaired) electrons. The van der Waals surface area contributed by atoms with Gasteiger partial charge in [0.25, 0.3) is 11.6 Å². The van der Waals surface area contributed by atoms with Gasteiger partial charge in [-0.3, -0.25) is 24.5 Å². The summed E-state index contributed by atoms with van der Waals surface area (Å²) in [5, 5.41) is 16.6. The van der Waals surface area contributed by atoms with Gasteiger partial charge in [0, 0.05) is 30.8 Å². The van der Waals surface area contributed by atoms with Crippen LogP contribution in [0.25, 0.3) is 0 Å². The lowest BCUT2D eigenvalue weighted by Gasteiger charge is -2.16. The van der Waals surface area contributed by atoms with Crippen LogP contribution in [0.1, 0.15) is 36.5 Å². The number of nitrogens with one attached hydrogen (secondary N) is 2. The highest BCUT2D eigenvalue weighted by molar-refractivity contribution is 6.06. The van der Waals surface area contributed by atoms with Crippen molar-refractivity contribution in [3.63, 3.8) is 0 Å². The first-order chi connectivity index (χ1) is 15.8. The van der Waals surface area contributed by atoms with Crippen LogP contribution in [0.5, 0.6) is 5.75 Å². The summed E-state index contributed by atoms with van der Waals surface area (Å²) in [7, 11) is 1.39. The van der Waals surface area contributed by atoms with Gasteiger partial charge in [-0.2, -0.15) is 0 Å². The molecule has 2 N–H and O–H groups in total. The Morgan fingerprint density at radius 1 is 1.18 bits per heavy atom. The van der Waals surface area contributed by atoms with E-state index >= 15 is 0 Å². The van der Waals surface area contributed by atoms with Crippen LogP contribution in [0.2, 0.25) is 0 Å². The number of methoxy groups -OCH3 is 1. The van der Waals surface area contributed by atoms with Crippen LogP contribution in [-0.2, 0) is 9.59 Å². The van der Waals surface area contributed by atoms with Crippen molar-refractivity contribution in [1.82, 2.24) is 4.90 Å². The molecule has 3 amide bonds. The summed E-state index contributed by atoms with van der Waals surface area (Å²) in [6.07, 6.45) is 2.08. The van der Waals surface area contributed by atoms with Crippen LogP contribution in [0.15, 0.2) is 42.5 Å². The molecule has 1 aliphatic heterocycles. The number of anilines is 2. The summed E-state index contributed by atoms with van der Waals surface area (Å²) in [5.41, 5.74) is 0.513. The molecule has 2 aromatic carbocycles. The molecule has 0 aromatic heterocycles. The Hall–Kier alpha value is -3.95. The van der Waals surface area contributed by atoms with E-state index in [2.05, 4.69) is 10.6 Å². The van der Waals surface area contributed by atoms with Crippen molar-refractivity contribution in [2.75, 3.05) is 30.8 Å². The Kier molecular flexibility index (Phi) is 7.60. The summed E-state index contributed by atoms with van der Waals surface area (Å²) in [6, 6.07) is 10.3. The van der Waals surface area contributed by atoms with E-state index in [0.717, 1.165) is 12.8 Å². The third-order valence-electron chi connectivity index (χ3n) is 5.43.